The Morgan fingerprint density at radius 3 is 2.48 bits per heavy atom. The van der Waals surface area contributed by atoms with Gasteiger partial charge in [0.1, 0.15) is 6.10 Å². The van der Waals surface area contributed by atoms with E-state index in [1.54, 1.807) is 0 Å². The standard InChI is InChI=1S/C20H25N3O2/c21-20(25)17-8-10-23(11-9-17)14-19(24)18-7-6-16(13-22-18)12-15-4-2-1-3-5-15/h1-7,13,17,19,24H,8-12,14H2,(H2,21,25). The molecular formula is C20H25N3O2. The van der Waals surface area contributed by atoms with Crippen LogP contribution in [-0.2, 0) is 11.2 Å². The van der Waals surface area contributed by atoms with E-state index < -0.39 is 6.10 Å². The number of pyridine rings is 1. The first-order valence-corrected chi connectivity index (χ1v) is 8.80. The van der Waals surface area contributed by atoms with Crippen LogP contribution in [0.1, 0.15) is 35.8 Å². The predicted molar refractivity (Wildman–Crippen MR) is 96.8 cm³/mol. The summed E-state index contributed by atoms with van der Waals surface area (Å²) in [5, 5.41) is 10.4. The zero-order chi connectivity index (χ0) is 17.6. The van der Waals surface area contributed by atoms with Crippen LogP contribution < -0.4 is 5.73 Å². The van der Waals surface area contributed by atoms with E-state index in [2.05, 4.69) is 22.0 Å². The average molecular weight is 339 g/mol. The second kappa shape index (κ2) is 8.23. The Morgan fingerprint density at radius 1 is 1.16 bits per heavy atom. The van der Waals surface area contributed by atoms with Gasteiger partial charge >= 0.3 is 0 Å². The summed E-state index contributed by atoms with van der Waals surface area (Å²) in [4.78, 5) is 17.8. The van der Waals surface area contributed by atoms with Gasteiger partial charge in [0.25, 0.3) is 0 Å². The van der Waals surface area contributed by atoms with Crippen molar-refractivity contribution in [3.05, 3.63) is 65.5 Å². The van der Waals surface area contributed by atoms with E-state index in [1.165, 1.54) is 5.56 Å². The van der Waals surface area contributed by atoms with Crippen molar-refractivity contribution in [3.63, 3.8) is 0 Å². The van der Waals surface area contributed by atoms with E-state index in [9.17, 15) is 9.90 Å². The van der Waals surface area contributed by atoms with Crippen molar-refractivity contribution in [1.82, 2.24) is 9.88 Å². The minimum atomic E-state index is -0.615. The largest absolute Gasteiger partial charge is 0.385 e. The molecule has 1 unspecified atom stereocenters. The predicted octanol–water partition coefficient (Wildman–Crippen LogP) is 1.90. The van der Waals surface area contributed by atoms with Crippen molar-refractivity contribution in [2.45, 2.75) is 25.4 Å². The molecule has 0 saturated carbocycles. The lowest BCUT2D eigenvalue weighted by molar-refractivity contribution is -0.123. The molecule has 1 aromatic heterocycles. The van der Waals surface area contributed by atoms with Crippen molar-refractivity contribution in [2.75, 3.05) is 19.6 Å². The third-order valence-electron chi connectivity index (χ3n) is 4.86. The van der Waals surface area contributed by atoms with Crippen molar-refractivity contribution >= 4 is 5.91 Å². The Hall–Kier alpha value is -2.24. The third kappa shape index (κ3) is 4.87. The van der Waals surface area contributed by atoms with Crippen LogP contribution in [0.2, 0.25) is 0 Å². The normalized spacial score (nSPS) is 17.3. The van der Waals surface area contributed by atoms with Gasteiger partial charge in [-0.1, -0.05) is 36.4 Å². The molecule has 1 fully saturated rings. The molecule has 1 atom stereocenters. The van der Waals surface area contributed by atoms with Crippen molar-refractivity contribution in [3.8, 4) is 0 Å². The molecule has 2 aromatic rings. The van der Waals surface area contributed by atoms with Crippen LogP contribution in [-0.4, -0.2) is 40.5 Å². The number of hydrogen-bond acceptors (Lipinski definition) is 4. The Bertz CT molecular complexity index is 680. The lowest BCUT2D eigenvalue weighted by Gasteiger charge is -2.31. The number of nitrogens with two attached hydrogens (primary N) is 1. The SMILES string of the molecule is NC(=O)C1CCN(CC(O)c2ccc(Cc3ccccc3)cn2)CC1. The van der Waals surface area contributed by atoms with Gasteiger partial charge in [-0.05, 0) is 49.5 Å². The maximum absolute atomic E-state index is 11.2. The van der Waals surface area contributed by atoms with Crippen LogP contribution in [0.5, 0.6) is 0 Å². The molecule has 1 aliphatic heterocycles. The second-order valence-electron chi connectivity index (χ2n) is 6.75. The molecule has 2 heterocycles. The molecule has 1 amide bonds. The summed E-state index contributed by atoms with van der Waals surface area (Å²) in [5.74, 6) is -0.236. The summed E-state index contributed by atoms with van der Waals surface area (Å²) < 4.78 is 0. The highest BCUT2D eigenvalue weighted by molar-refractivity contribution is 5.76. The van der Waals surface area contributed by atoms with Gasteiger partial charge in [0.05, 0.1) is 5.69 Å². The monoisotopic (exact) mass is 339 g/mol. The number of carbonyl (C=O) groups excluding carboxylic acids is 1. The minimum absolute atomic E-state index is 0.0243. The molecule has 0 radical (unpaired) electrons. The van der Waals surface area contributed by atoms with E-state index in [-0.39, 0.29) is 11.8 Å². The van der Waals surface area contributed by atoms with Gasteiger partial charge in [-0.15, -0.1) is 0 Å². The number of aliphatic hydroxyl groups excluding tert-OH is 1. The van der Waals surface area contributed by atoms with Crippen LogP contribution in [0.15, 0.2) is 48.7 Å². The molecule has 1 saturated heterocycles. The van der Waals surface area contributed by atoms with E-state index in [0.29, 0.717) is 12.2 Å². The van der Waals surface area contributed by atoms with Crippen LogP contribution in [0.3, 0.4) is 0 Å². The van der Waals surface area contributed by atoms with E-state index >= 15 is 0 Å². The summed E-state index contributed by atoms with van der Waals surface area (Å²) in [6.07, 6.45) is 3.60. The zero-order valence-electron chi connectivity index (χ0n) is 14.3. The molecule has 0 spiro atoms. The molecule has 0 aliphatic carbocycles. The fraction of sp³-hybridized carbons (Fsp3) is 0.400. The van der Waals surface area contributed by atoms with Crippen LogP contribution >= 0.6 is 0 Å². The molecule has 132 valence electrons. The van der Waals surface area contributed by atoms with Crippen LogP contribution in [0, 0.1) is 5.92 Å². The van der Waals surface area contributed by atoms with E-state index in [1.807, 2.05) is 36.5 Å². The van der Waals surface area contributed by atoms with Gasteiger partial charge in [-0.3, -0.25) is 9.78 Å². The number of primary amides is 1. The Kier molecular flexibility index (Phi) is 5.79. The summed E-state index contributed by atoms with van der Waals surface area (Å²) in [5.41, 5.74) is 8.42. The first-order chi connectivity index (χ1) is 12.1. The number of aromatic nitrogens is 1. The molecule has 0 bridgehead atoms. The number of amides is 1. The van der Waals surface area contributed by atoms with Crippen LogP contribution in [0.4, 0.5) is 0 Å². The van der Waals surface area contributed by atoms with E-state index in [4.69, 9.17) is 5.73 Å². The molecule has 25 heavy (non-hydrogen) atoms. The lowest BCUT2D eigenvalue weighted by Crippen LogP contribution is -2.40. The number of β-amino-alcohol motifs (C(OH)–C–C–N with tert-alkyl or cyclic N) is 1. The number of aliphatic hydroxyl groups is 1. The first-order valence-electron chi connectivity index (χ1n) is 8.80. The lowest BCUT2D eigenvalue weighted by atomic mass is 9.96. The maximum atomic E-state index is 11.2. The fourth-order valence-corrected chi connectivity index (χ4v) is 3.31. The van der Waals surface area contributed by atoms with Gasteiger partial charge in [-0.25, -0.2) is 0 Å². The van der Waals surface area contributed by atoms with Gasteiger partial charge in [0.2, 0.25) is 5.91 Å². The summed E-state index contributed by atoms with van der Waals surface area (Å²) >= 11 is 0. The smallest absolute Gasteiger partial charge is 0.220 e. The Morgan fingerprint density at radius 2 is 1.88 bits per heavy atom. The highest BCUT2D eigenvalue weighted by atomic mass is 16.3. The number of nitrogens with zero attached hydrogens (tertiary/aromatic N) is 2. The van der Waals surface area contributed by atoms with E-state index in [0.717, 1.165) is 37.9 Å². The highest BCUT2D eigenvalue weighted by Gasteiger charge is 2.24. The number of piperidine rings is 1. The molecule has 1 aromatic carbocycles. The summed E-state index contributed by atoms with van der Waals surface area (Å²) in [6.45, 7) is 2.12. The van der Waals surface area contributed by atoms with Crippen molar-refractivity contribution < 1.29 is 9.90 Å². The maximum Gasteiger partial charge on any atom is 0.220 e. The molecule has 3 rings (SSSR count). The number of rotatable bonds is 6. The Balaban J connectivity index is 1.52. The molecule has 5 nitrogen and oxygen atoms in total. The summed E-state index contributed by atoms with van der Waals surface area (Å²) in [7, 11) is 0. The quantitative estimate of drug-likeness (QED) is 0.842. The van der Waals surface area contributed by atoms with Crippen molar-refractivity contribution in [1.29, 1.82) is 0 Å². The van der Waals surface area contributed by atoms with Gasteiger partial charge in [-0.2, -0.15) is 0 Å². The van der Waals surface area contributed by atoms with Crippen LogP contribution in [0.25, 0.3) is 0 Å². The zero-order valence-corrected chi connectivity index (χ0v) is 14.3. The molecule has 1 aliphatic rings. The van der Waals surface area contributed by atoms with Crippen molar-refractivity contribution in [2.24, 2.45) is 11.7 Å². The number of benzene rings is 1. The number of likely N-dealkylation sites (tertiary alicyclic amines) is 1. The van der Waals surface area contributed by atoms with Gasteiger partial charge in [0.15, 0.2) is 0 Å². The molecule has 3 N–H and O–H groups in total. The number of carbonyl (C=O) groups is 1. The Labute approximate surface area is 148 Å². The number of hydrogen-bond donors (Lipinski definition) is 2. The first kappa shape index (κ1) is 17.6. The molecule has 5 heteroatoms. The minimum Gasteiger partial charge on any atom is -0.385 e. The third-order valence-corrected chi connectivity index (χ3v) is 4.86. The van der Waals surface area contributed by atoms with Gasteiger partial charge < -0.3 is 15.7 Å². The highest BCUT2D eigenvalue weighted by Crippen LogP contribution is 2.20. The van der Waals surface area contributed by atoms with Gasteiger partial charge in [0, 0.05) is 18.7 Å². The molecular weight excluding hydrogens is 314 g/mol. The topological polar surface area (TPSA) is 79.5 Å². The fourth-order valence-electron chi connectivity index (χ4n) is 3.31. The summed E-state index contributed by atoms with van der Waals surface area (Å²) in [6, 6.07) is 14.2. The average Bonchev–Trinajstić information content (AvgIpc) is 2.63. The second-order valence-corrected chi connectivity index (χ2v) is 6.75.